The molecular formula is C20H20N2O4S2. The number of sulfonamides is 1. The molecule has 0 amide bonds. The van der Waals surface area contributed by atoms with Crippen molar-refractivity contribution in [2.24, 2.45) is 0 Å². The number of hydrogen-bond acceptors (Lipinski definition) is 6. The molecule has 4 rings (SSSR count). The van der Waals surface area contributed by atoms with Crippen LogP contribution in [0, 0.1) is 0 Å². The first-order chi connectivity index (χ1) is 13.6. The maximum Gasteiger partial charge on any atom is 0.273 e. The van der Waals surface area contributed by atoms with Crippen molar-refractivity contribution < 1.29 is 17.9 Å². The lowest BCUT2D eigenvalue weighted by Crippen LogP contribution is -2.31. The molecular weight excluding hydrogens is 396 g/mol. The van der Waals surface area contributed by atoms with Crippen LogP contribution in [0.2, 0.25) is 0 Å². The Labute approximate surface area is 168 Å². The molecule has 1 atom stereocenters. The molecule has 28 heavy (non-hydrogen) atoms. The Morgan fingerprint density at radius 1 is 1.07 bits per heavy atom. The van der Waals surface area contributed by atoms with Crippen LogP contribution in [-0.4, -0.2) is 44.0 Å². The third-order valence-corrected chi connectivity index (χ3v) is 7.24. The van der Waals surface area contributed by atoms with Crippen LogP contribution in [0.1, 0.15) is 6.42 Å². The second kappa shape index (κ2) is 7.90. The van der Waals surface area contributed by atoms with Crippen LogP contribution >= 0.6 is 11.3 Å². The normalized spacial score (nSPS) is 17.5. The molecule has 1 aromatic heterocycles. The fraction of sp³-hybridized carbons (Fsp3) is 0.250. The van der Waals surface area contributed by atoms with Crippen LogP contribution < -0.4 is 9.47 Å². The fourth-order valence-corrected chi connectivity index (χ4v) is 5.21. The largest absolute Gasteiger partial charge is 0.497 e. The Morgan fingerprint density at radius 2 is 1.75 bits per heavy atom. The number of thiazole rings is 1. The van der Waals surface area contributed by atoms with Gasteiger partial charge in [-0.15, -0.1) is 0 Å². The lowest BCUT2D eigenvalue weighted by atomic mass is 10.1. The second-order valence-corrected chi connectivity index (χ2v) is 9.24. The van der Waals surface area contributed by atoms with E-state index in [0.29, 0.717) is 29.6 Å². The van der Waals surface area contributed by atoms with Crippen LogP contribution in [0.4, 0.5) is 0 Å². The summed E-state index contributed by atoms with van der Waals surface area (Å²) in [6.45, 7) is 0.779. The summed E-state index contributed by atoms with van der Waals surface area (Å²) in [6.07, 6.45) is 2.16. The highest BCUT2D eigenvalue weighted by molar-refractivity contribution is 7.89. The molecule has 1 saturated heterocycles. The van der Waals surface area contributed by atoms with Gasteiger partial charge in [0.15, 0.2) is 0 Å². The summed E-state index contributed by atoms with van der Waals surface area (Å²) in [5, 5.41) is 2.41. The number of hydrogen-bond donors (Lipinski definition) is 0. The van der Waals surface area contributed by atoms with Crippen molar-refractivity contribution in [2.45, 2.75) is 17.4 Å². The van der Waals surface area contributed by atoms with E-state index in [0.717, 1.165) is 16.9 Å². The molecule has 6 nitrogen and oxygen atoms in total. The zero-order valence-corrected chi connectivity index (χ0v) is 16.9. The van der Waals surface area contributed by atoms with E-state index < -0.39 is 10.0 Å². The van der Waals surface area contributed by atoms with Gasteiger partial charge in [0.05, 0.1) is 18.6 Å². The van der Waals surface area contributed by atoms with Crippen LogP contribution in [0.5, 0.6) is 10.9 Å². The topological polar surface area (TPSA) is 68.7 Å². The van der Waals surface area contributed by atoms with Gasteiger partial charge in [-0.25, -0.2) is 13.4 Å². The van der Waals surface area contributed by atoms with E-state index in [1.165, 1.54) is 15.6 Å². The van der Waals surface area contributed by atoms with Gasteiger partial charge in [0, 0.05) is 18.1 Å². The summed E-state index contributed by atoms with van der Waals surface area (Å²) in [5.74, 6) is 0.784. The monoisotopic (exact) mass is 416 g/mol. The molecule has 0 aliphatic carbocycles. The molecule has 2 aromatic carbocycles. The summed E-state index contributed by atoms with van der Waals surface area (Å²) >= 11 is 1.41. The molecule has 1 fully saturated rings. The minimum atomic E-state index is -3.54. The smallest absolute Gasteiger partial charge is 0.273 e. The van der Waals surface area contributed by atoms with Crippen LogP contribution in [0.3, 0.4) is 0 Å². The molecule has 8 heteroatoms. The van der Waals surface area contributed by atoms with Gasteiger partial charge in [0.2, 0.25) is 10.0 Å². The van der Waals surface area contributed by atoms with E-state index in [1.54, 1.807) is 25.4 Å². The van der Waals surface area contributed by atoms with Gasteiger partial charge in [-0.05, 0) is 41.8 Å². The number of nitrogens with zero attached hydrogens (tertiary/aromatic N) is 2. The maximum absolute atomic E-state index is 13.0. The van der Waals surface area contributed by atoms with Crippen molar-refractivity contribution in [2.75, 3.05) is 20.2 Å². The molecule has 2 heterocycles. The van der Waals surface area contributed by atoms with Gasteiger partial charge in [-0.2, -0.15) is 4.31 Å². The fourth-order valence-electron chi connectivity index (χ4n) is 3.18. The van der Waals surface area contributed by atoms with Gasteiger partial charge in [0.1, 0.15) is 11.9 Å². The summed E-state index contributed by atoms with van der Waals surface area (Å²) in [4.78, 5) is 4.39. The van der Waals surface area contributed by atoms with Crippen LogP contribution in [-0.2, 0) is 10.0 Å². The molecule has 0 unspecified atom stereocenters. The lowest BCUT2D eigenvalue weighted by molar-refractivity contribution is 0.214. The third kappa shape index (κ3) is 3.89. The van der Waals surface area contributed by atoms with Crippen molar-refractivity contribution in [1.29, 1.82) is 0 Å². The van der Waals surface area contributed by atoms with Gasteiger partial charge < -0.3 is 9.47 Å². The number of rotatable bonds is 6. The number of benzene rings is 2. The highest BCUT2D eigenvalue weighted by Gasteiger charge is 2.34. The molecule has 0 spiro atoms. The lowest BCUT2D eigenvalue weighted by Gasteiger charge is -2.17. The molecule has 0 saturated carbocycles. The van der Waals surface area contributed by atoms with Crippen molar-refractivity contribution in [3.63, 3.8) is 0 Å². The highest BCUT2D eigenvalue weighted by Crippen LogP contribution is 2.27. The molecule has 0 N–H and O–H groups in total. The molecule has 1 aliphatic heterocycles. The standard InChI is InChI=1S/C20H20N2O4S2/c1-25-17-6-2-15(3-7-17)16-4-8-19(9-5-16)28(23,24)22-12-10-18(14-22)26-20-21-11-13-27-20/h2-9,11,13,18H,10,12,14H2,1H3/t18-/m1/s1. The molecule has 0 bridgehead atoms. The second-order valence-electron chi connectivity index (χ2n) is 6.44. The molecule has 146 valence electrons. The quantitative estimate of drug-likeness (QED) is 0.613. The van der Waals surface area contributed by atoms with Gasteiger partial charge in [0.25, 0.3) is 5.19 Å². The minimum Gasteiger partial charge on any atom is -0.497 e. The van der Waals surface area contributed by atoms with E-state index in [9.17, 15) is 8.42 Å². The Bertz CT molecular complexity index is 1020. The SMILES string of the molecule is COc1ccc(-c2ccc(S(=O)(=O)N3CC[C@@H](Oc4nccs4)C3)cc2)cc1. The van der Waals surface area contributed by atoms with E-state index in [4.69, 9.17) is 9.47 Å². The van der Waals surface area contributed by atoms with E-state index in [2.05, 4.69) is 4.98 Å². The van der Waals surface area contributed by atoms with Crippen molar-refractivity contribution in [3.05, 3.63) is 60.1 Å². The Hall–Kier alpha value is -2.42. The van der Waals surface area contributed by atoms with Gasteiger partial charge in [-0.1, -0.05) is 35.6 Å². The summed E-state index contributed by atoms with van der Waals surface area (Å²) in [5.41, 5.74) is 1.95. The first-order valence-corrected chi connectivity index (χ1v) is 11.2. The van der Waals surface area contributed by atoms with Crippen LogP contribution in [0.15, 0.2) is 65.0 Å². The van der Waals surface area contributed by atoms with E-state index >= 15 is 0 Å². The van der Waals surface area contributed by atoms with E-state index in [-0.39, 0.29) is 6.10 Å². The number of ether oxygens (including phenoxy) is 2. The minimum absolute atomic E-state index is 0.167. The van der Waals surface area contributed by atoms with Crippen molar-refractivity contribution in [3.8, 4) is 22.1 Å². The predicted octanol–water partition coefficient (Wildman–Crippen LogP) is 3.66. The summed E-state index contributed by atoms with van der Waals surface area (Å²) in [7, 11) is -1.92. The Balaban J connectivity index is 1.47. The van der Waals surface area contributed by atoms with Crippen molar-refractivity contribution >= 4 is 21.4 Å². The predicted molar refractivity (Wildman–Crippen MR) is 108 cm³/mol. The summed E-state index contributed by atoms with van der Waals surface area (Å²) < 4.78 is 38.3. The van der Waals surface area contributed by atoms with Crippen molar-refractivity contribution in [1.82, 2.24) is 9.29 Å². The molecule has 3 aromatic rings. The van der Waals surface area contributed by atoms with Crippen LogP contribution in [0.25, 0.3) is 11.1 Å². The highest BCUT2D eigenvalue weighted by atomic mass is 32.2. The van der Waals surface area contributed by atoms with Gasteiger partial charge >= 0.3 is 0 Å². The Morgan fingerprint density at radius 3 is 2.36 bits per heavy atom. The molecule has 0 radical (unpaired) electrons. The zero-order chi connectivity index (χ0) is 19.6. The van der Waals surface area contributed by atoms with Gasteiger partial charge in [-0.3, -0.25) is 0 Å². The summed E-state index contributed by atoms with van der Waals surface area (Å²) in [6, 6.07) is 14.6. The Kier molecular flexibility index (Phi) is 5.34. The zero-order valence-electron chi connectivity index (χ0n) is 15.3. The van der Waals surface area contributed by atoms with E-state index in [1.807, 2.05) is 41.8 Å². The first kappa shape index (κ1) is 18.9. The third-order valence-electron chi connectivity index (χ3n) is 4.70. The number of methoxy groups -OCH3 is 1. The average Bonchev–Trinajstić information content (AvgIpc) is 3.41. The number of aromatic nitrogens is 1. The average molecular weight is 417 g/mol. The molecule has 1 aliphatic rings. The maximum atomic E-state index is 13.0. The first-order valence-electron chi connectivity index (χ1n) is 8.87.